The summed E-state index contributed by atoms with van der Waals surface area (Å²) in [5.74, 6) is 0.0406. The number of phosphoric acid groups is 1. The van der Waals surface area contributed by atoms with Crippen LogP contribution in [0.15, 0.2) is 42.5 Å². The van der Waals surface area contributed by atoms with E-state index >= 15 is 0 Å². The van der Waals surface area contributed by atoms with Gasteiger partial charge in [-0.05, 0) is 88.3 Å². The number of ether oxygens (including phenoxy) is 1. The smallest absolute Gasteiger partial charge is 0.466 e. The number of methoxy groups -OCH3 is 1. The van der Waals surface area contributed by atoms with Crippen molar-refractivity contribution in [2.24, 2.45) is 0 Å². The molecule has 5 N–H and O–H groups in total. The summed E-state index contributed by atoms with van der Waals surface area (Å²) in [6, 6.07) is 12.0. The number of nitrogens with one attached hydrogen (secondary N) is 1. The lowest BCUT2D eigenvalue weighted by Crippen LogP contribution is -2.20. The zero-order valence-corrected chi connectivity index (χ0v) is 24.6. The van der Waals surface area contributed by atoms with E-state index in [2.05, 4.69) is 10.3 Å². The zero-order valence-electron chi connectivity index (χ0n) is 26.9. The number of aromatic hydroxyl groups is 1. The lowest BCUT2D eigenvalue weighted by molar-refractivity contribution is 0.275. The molecular formula is C29H35ClN5O6P. The molecule has 0 amide bonds. The predicted molar refractivity (Wildman–Crippen MR) is 163 cm³/mol. The molecule has 224 valence electrons. The van der Waals surface area contributed by atoms with Gasteiger partial charge in [0.05, 0.1) is 23.8 Å². The van der Waals surface area contributed by atoms with E-state index < -0.39 is 20.8 Å². The fourth-order valence-corrected chi connectivity index (χ4v) is 5.20. The molecule has 42 heavy (non-hydrogen) atoms. The molecule has 2 aliphatic rings. The highest BCUT2D eigenvalue weighted by atomic mass is 35.5. The van der Waals surface area contributed by atoms with Crippen molar-refractivity contribution in [1.29, 1.82) is 0 Å². The van der Waals surface area contributed by atoms with Crippen LogP contribution in [0.1, 0.15) is 42.3 Å². The van der Waals surface area contributed by atoms with Crippen LogP contribution in [0.5, 0.6) is 11.6 Å². The van der Waals surface area contributed by atoms with Gasteiger partial charge in [0.15, 0.2) is 0 Å². The minimum Gasteiger partial charge on any atom is -0.507 e. The van der Waals surface area contributed by atoms with Crippen LogP contribution in [0, 0.1) is 0 Å². The molecule has 0 aliphatic carbocycles. The number of halogens is 1. The maximum atomic E-state index is 11.5. The number of phenols is 1. The molecule has 6 rings (SSSR count). The fraction of sp³-hybridized carbons (Fsp3) is 0.379. The van der Waals surface area contributed by atoms with Crippen LogP contribution in [-0.4, -0.2) is 72.8 Å². The Morgan fingerprint density at radius 2 is 1.50 bits per heavy atom. The third kappa shape index (κ3) is 7.67. The molecule has 2 aromatic heterocycles. The molecule has 2 aliphatic heterocycles. The van der Waals surface area contributed by atoms with Gasteiger partial charge in [0, 0.05) is 51.8 Å². The first-order valence-corrected chi connectivity index (χ1v) is 15.4. The number of anilines is 2. The Morgan fingerprint density at radius 3 is 2.05 bits per heavy atom. The summed E-state index contributed by atoms with van der Waals surface area (Å²) in [5, 5.41) is 16.2. The van der Waals surface area contributed by atoms with Crippen LogP contribution in [0.2, 0.25) is 5.02 Å². The summed E-state index contributed by atoms with van der Waals surface area (Å²) < 4.78 is 50.5. The van der Waals surface area contributed by atoms with Crippen LogP contribution < -0.4 is 10.1 Å². The minimum absolute atomic E-state index is 0.0266. The average Bonchev–Trinajstić information content (AvgIpc) is 3.72. The summed E-state index contributed by atoms with van der Waals surface area (Å²) in [6.45, 7) is -1.78. The predicted octanol–water partition coefficient (Wildman–Crippen LogP) is 5.16. The van der Waals surface area contributed by atoms with Crippen molar-refractivity contribution in [3.8, 4) is 11.6 Å². The Balaban J connectivity index is 0.000000775. The van der Waals surface area contributed by atoms with Crippen molar-refractivity contribution in [1.82, 2.24) is 19.8 Å². The molecule has 11 nitrogen and oxygen atoms in total. The number of pyridine rings is 2. The number of benzene rings is 2. The Hall–Kier alpha value is -3.02. The number of hydrogen-bond donors (Lipinski definition) is 5. The molecule has 4 heterocycles. The summed E-state index contributed by atoms with van der Waals surface area (Å²) in [7, 11) is -3.10. The third-order valence-electron chi connectivity index (χ3n) is 6.91. The molecule has 13 heteroatoms. The van der Waals surface area contributed by atoms with Gasteiger partial charge in [0.25, 0.3) is 0 Å². The topological polar surface area (TPSA) is 152 Å². The second-order valence-electron chi connectivity index (χ2n) is 10.0. The van der Waals surface area contributed by atoms with E-state index in [1.54, 1.807) is 46.2 Å². The monoisotopic (exact) mass is 619 g/mol. The molecule has 2 aromatic carbocycles. The van der Waals surface area contributed by atoms with Crippen molar-refractivity contribution in [3.63, 3.8) is 0 Å². The first-order valence-electron chi connectivity index (χ1n) is 15.5. The van der Waals surface area contributed by atoms with E-state index in [4.69, 9.17) is 46.1 Å². The standard InChI is InChI=1S/C29H32ClN5O2.H3O4P/c1-37-26-9-8-24-28(33-26)27(23-7-6-21(30)16-25(23)32-24)31-22-14-19(17-34-10-2-3-11-34)29(36)20(15-22)18-35-12-4-5-13-35;1-5(2,3)4/h6-9,14-16,36H,2-5,10-13,17-18H2,1H3,(H,31,32);(H3,1,2,3,4)/i17D2,18D2;. The molecule has 0 saturated carbocycles. The Bertz CT molecular complexity index is 1740. The molecule has 0 bridgehead atoms. The summed E-state index contributed by atoms with van der Waals surface area (Å²) in [6.07, 6.45) is 3.46. The number of rotatable bonds is 7. The van der Waals surface area contributed by atoms with E-state index in [1.807, 2.05) is 6.07 Å². The highest BCUT2D eigenvalue weighted by Gasteiger charge is 2.21. The lowest BCUT2D eigenvalue weighted by Gasteiger charge is -2.22. The normalized spacial score (nSPS) is 18.2. The zero-order chi connectivity index (χ0) is 33.4. The molecular weight excluding hydrogens is 581 g/mol. The Labute approximate surface area is 254 Å². The van der Waals surface area contributed by atoms with Crippen LogP contribution in [-0.2, 0) is 17.6 Å². The molecule has 0 radical (unpaired) electrons. The summed E-state index contributed by atoms with van der Waals surface area (Å²) in [4.78, 5) is 34.4. The second-order valence-corrected chi connectivity index (χ2v) is 11.5. The van der Waals surface area contributed by atoms with Crippen molar-refractivity contribution >= 4 is 52.7 Å². The van der Waals surface area contributed by atoms with E-state index in [-0.39, 0.29) is 16.9 Å². The van der Waals surface area contributed by atoms with Gasteiger partial charge >= 0.3 is 7.82 Å². The van der Waals surface area contributed by atoms with Gasteiger partial charge in [-0.15, -0.1) is 0 Å². The van der Waals surface area contributed by atoms with Gasteiger partial charge in [-0.2, -0.15) is 0 Å². The number of phenolic OH excluding ortho intramolecular Hbond substituents is 1. The van der Waals surface area contributed by atoms with E-state index in [1.165, 1.54) is 7.11 Å². The number of hydrogen-bond acceptors (Lipinski definition) is 8. The quantitative estimate of drug-likeness (QED) is 0.106. The maximum Gasteiger partial charge on any atom is 0.466 e. The summed E-state index contributed by atoms with van der Waals surface area (Å²) >= 11 is 6.30. The van der Waals surface area contributed by atoms with E-state index in [0.717, 1.165) is 31.1 Å². The van der Waals surface area contributed by atoms with Crippen LogP contribution in [0.3, 0.4) is 0 Å². The SMILES string of the molecule is O=P(O)(O)O.[2H]C([2H])(c1cc(Nc2c3ccc(Cl)cc3nc3ccc(OC)nc23)cc(C([2H])([2H])N2CCCC2)c1O)N1CCCC1. The fourth-order valence-electron chi connectivity index (χ4n) is 5.03. The molecule has 4 aromatic rings. The van der Waals surface area contributed by atoms with Gasteiger partial charge in [0.1, 0.15) is 11.3 Å². The maximum absolute atomic E-state index is 11.5. The van der Waals surface area contributed by atoms with Crippen molar-refractivity contribution < 1.29 is 34.6 Å². The Morgan fingerprint density at radius 1 is 0.929 bits per heavy atom. The second kappa shape index (κ2) is 13.1. The highest BCUT2D eigenvalue weighted by molar-refractivity contribution is 7.45. The third-order valence-corrected chi connectivity index (χ3v) is 7.15. The van der Waals surface area contributed by atoms with Crippen LogP contribution in [0.4, 0.5) is 11.4 Å². The molecule has 0 spiro atoms. The largest absolute Gasteiger partial charge is 0.507 e. The van der Waals surface area contributed by atoms with Gasteiger partial charge in [0.2, 0.25) is 5.88 Å². The molecule has 2 saturated heterocycles. The molecule has 0 atom stereocenters. The van der Waals surface area contributed by atoms with Crippen molar-refractivity contribution in [2.75, 3.05) is 38.6 Å². The number of aromatic nitrogens is 2. The van der Waals surface area contributed by atoms with E-state index in [9.17, 15) is 5.11 Å². The van der Waals surface area contributed by atoms with Gasteiger partial charge in [-0.25, -0.2) is 14.5 Å². The highest BCUT2D eigenvalue weighted by Crippen LogP contribution is 2.37. The number of likely N-dealkylation sites (tertiary alicyclic amines) is 2. The Kier molecular flexibility index (Phi) is 7.94. The average molecular weight is 620 g/mol. The lowest BCUT2D eigenvalue weighted by atomic mass is 10.0. The van der Waals surface area contributed by atoms with Crippen molar-refractivity contribution in [2.45, 2.75) is 38.7 Å². The van der Waals surface area contributed by atoms with Gasteiger partial charge < -0.3 is 29.8 Å². The summed E-state index contributed by atoms with van der Waals surface area (Å²) in [5.41, 5.74) is 2.83. The minimum atomic E-state index is -4.64. The van der Waals surface area contributed by atoms with Gasteiger partial charge in [-0.3, -0.25) is 9.80 Å². The molecule has 0 unspecified atom stereocenters. The van der Waals surface area contributed by atoms with E-state index in [0.29, 0.717) is 65.0 Å². The molecule has 2 fully saturated rings. The van der Waals surface area contributed by atoms with Crippen LogP contribution in [0.25, 0.3) is 21.9 Å². The van der Waals surface area contributed by atoms with Crippen molar-refractivity contribution in [3.05, 3.63) is 58.6 Å². The first-order chi connectivity index (χ1) is 21.6. The number of fused-ring (bicyclic) bond motifs is 2. The number of nitrogens with zero attached hydrogens (tertiary/aromatic N) is 4. The van der Waals surface area contributed by atoms with Crippen LogP contribution >= 0.6 is 19.4 Å². The first kappa shape index (κ1) is 25.5. The van der Waals surface area contributed by atoms with Gasteiger partial charge in [-0.1, -0.05) is 11.6 Å².